The molecular weight excluding hydrogens is 564 g/mol. The van der Waals surface area contributed by atoms with Gasteiger partial charge in [-0.05, 0) is 89.8 Å². The molecule has 0 saturated heterocycles. The number of rotatable bonds is 7. The number of nitriles is 1. The smallest absolute Gasteiger partial charge is 0.550 e. The molecular formula is C32H37FKN3O5. The summed E-state index contributed by atoms with van der Waals surface area (Å²) in [4.78, 5) is 39.9. The van der Waals surface area contributed by atoms with E-state index < -0.39 is 12.0 Å². The molecule has 42 heavy (non-hydrogen) atoms. The molecule has 0 spiro atoms. The molecule has 0 unspecified atom stereocenters. The molecule has 2 aromatic rings. The number of aliphatic carboxylic acids is 1. The molecule has 8 nitrogen and oxygen atoms in total. The Bertz CT molecular complexity index is 1380. The summed E-state index contributed by atoms with van der Waals surface area (Å²) in [6, 6.07) is 9.89. The van der Waals surface area contributed by atoms with Crippen molar-refractivity contribution in [3.8, 4) is 6.07 Å². The molecule has 1 N–H and O–H groups in total. The number of anilines is 1. The van der Waals surface area contributed by atoms with Crippen LogP contribution in [0.5, 0.6) is 0 Å². The number of nitrogens with zero attached hydrogens (tertiary/aromatic N) is 2. The van der Waals surface area contributed by atoms with Gasteiger partial charge in [0.1, 0.15) is 11.9 Å². The van der Waals surface area contributed by atoms with Crippen molar-refractivity contribution in [2.24, 2.45) is 11.8 Å². The molecule has 0 bridgehead atoms. The fraction of sp³-hybridized carbons (Fsp3) is 0.500. The number of benzene rings is 2. The predicted octanol–water partition coefficient (Wildman–Crippen LogP) is 0.960. The first-order valence-electron chi connectivity index (χ1n) is 14.0. The zero-order valence-electron chi connectivity index (χ0n) is 25.1. The fourth-order valence-electron chi connectivity index (χ4n) is 6.50. The number of methoxy groups -OCH3 is 1. The van der Waals surface area contributed by atoms with Crippen molar-refractivity contribution in [3.05, 3.63) is 64.0 Å². The van der Waals surface area contributed by atoms with Gasteiger partial charge < -0.3 is 24.9 Å². The van der Waals surface area contributed by atoms with Gasteiger partial charge in [-0.3, -0.25) is 9.59 Å². The van der Waals surface area contributed by atoms with Crippen LogP contribution in [0.4, 0.5) is 10.1 Å². The third-order valence-electron chi connectivity index (χ3n) is 8.45. The molecule has 1 saturated carbocycles. The normalized spacial score (nSPS) is 21.2. The summed E-state index contributed by atoms with van der Waals surface area (Å²) in [5.74, 6) is -2.36. The van der Waals surface area contributed by atoms with E-state index in [2.05, 4.69) is 5.32 Å². The number of halogens is 1. The molecule has 10 heteroatoms. The van der Waals surface area contributed by atoms with Crippen LogP contribution in [-0.2, 0) is 44.0 Å². The molecule has 2 aromatic carbocycles. The van der Waals surface area contributed by atoms with E-state index in [1.54, 1.807) is 18.1 Å². The standard InChI is InChI=1S/C30H35FN2O5.C2H3N.K/c1-30(2)8-6-20-14-22(15-24(31)26(20)30)32-28(36)27-23-5-4-17(16-38-3)10-19(23)7-9-33(27)29(37)21-11-18(12-21)13-25(34)35;1-2-3;/h4-5,10,14-15,18,21,27H,6-9,11-13,16H2,1-3H3,(H,32,36)(H,34,35);1H3;/q;;+1/p-1/t18?,21?,27-;;/m1../s1. The first kappa shape index (κ1) is 34.4. The summed E-state index contributed by atoms with van der Waals surface area (Å²) in [6.07, 6.45) is 3.09. The summed E-state index contributed by atoms with van der Waals surface area (Å²) in [7, 11) is 1.62. The number of carboxylic acid groups (broad SMARTS) is 1. The Hall–Kier alpha value is -2.13. The number of amides is 2. The van der Waals surface area contributed by atoms with Gasteiger partial charge in [0.15, 0.2) is 0 Å². The molecule has 2 amide bonds. The largest absolute Gasteiger partial charge is 1.00 e. The maximum absolute atomic E-state index is 15.1. The minimum absolute atomic E-state index is 0. The second kappa shape index (κ2) is 14.6. The van der Waals surface area contributed by atoms with E-state index in [0.717, 1.165) is 35.1 Å². The van der Waals surface area contributed by atoms with Gasteiger partial charge in [-0.1, -0.05) is 32.0 Å². The maximum atomic E-state index is 15.1. The molecule has 0 radical (unpaired) electrons. The summed E-state index contributed by atoms with van der Waals surface area (Å²) in [5.41, 5.74) is 4.46. The molecule has 5 rings (SSSR count). The van der Waals surface area contributed by atoms with Crippen LogP contribution >= 0.6 is 0 Å². The summed E-state index contributed by atoms with van der Waals surface area (Å²) >= 11 is 0. The molecule has 1 fully saturated rings. The van der Waals surface area contributed by atoms with Gasteiger partial charge in [0.25, 0.3) is 5.91 Å². The SMILES string of the molecule is CC#N.COCc1ccc2c(c1)CCN(C(=O)C1CC(CC(=O)[O-])C1)[C@H]2C(=O)Nc1cc(F)c2c(c1)CCC2(C)C.[K+]. The van der Waals surface area contributed by atoms with Crippen LogP contribution in [0.3, 0.4) is 0 Å². The third kappa shape index (κ3) is 7.49. The van der Waals surface area contributed by atoms with Crippen molar-refractivity contribution in [1.82, 2.24) is 4.90 Å². The van der Waals surface area contributed by atoms with Crippen molar-refractivity contribution >= 4 is 23.5 Å². The third-order valence-corrected chi connectivity index (χ3v) is 8.45. The number of carboxylic acids is 1. The Balaban J connectivity index is 0.00000116. The van der Waals surface area contributed by atoms with E-state index in [0.29, 0.717) is 43.7 Å². The number of carbonyl (C=O) groups is 3. The molecule has 2 aliphatic carbocycles. The Labute approximate surface area is 289 Å². The molecule has 1 aliphatic heterocycles. The van der Waals surface area contributed by atoms with Gasteiger partial charge in [-0.25, -0.2) is 4.39 Å². The average Bonchev–Trinajstić information content (AvgIpc) is 3.19. The van der Waals surface area contributed by atoms with Crippen LogP contribution < -0.4 is 61.8 Å². The number of hydrogen-bond acceptors (Lipinski definition) is 6. The zero-order chi connectivity index (χ0) is 29.9. The Morgan fingerprint density at radius 3 is 2.50 bits per heavy atom. The Morgan fingerprint density at radius 1 is 1.17 bits per heavy atom. The quantitative estimate of drug-likeness (QED) is 0.472. The van der Waals surface area contributed by atoms with E-state index in [-0.39, 0.29) is 92.7 Å². The van der Waals surface area contributed by atoms with E-state index in [4.69, 9.17) is 10.00 Å². The van der Waals surface area contributed by atoms with Gasteiger partial charge >= 0.3 is 51.4 Å². The van der Waals surface area contributed by atoms with E-state index >= 15 is 4.39 Å². The zero-order valence-corrected chi connectivity index (χ0v) is 28.2. The number of fused-ring (bicyclic) bond motifs is 2. The van der Waals surface area contributed by atoms with Crippen LogP contribution in [0.2, 0.25) is 0 Å². The monoisotopic (exact) mass is 601 g/mol. The van der Waals surface area contributed by atoms with Gasteiger partial charge in [0, 0.05) is 38.2 Å². The second-order valence-corrected chi connectivity index (χ2v) is 11.8. The van der Waals surface area contributed by atoms with Gasteiger partial charge in [0.05, 0.1) is 12.7 Å². The predicted molar refractivity (Wildman–Crippen MR) is 149 cm³/mol. The average molecular weight is 602 g/mol. The molecule has 1 atom stereocenters. The van der Waals surface area contributed by atoms with Crippen molar-refractivity contribution in [2.75, 3.05) is 19.0 Å². The maximum Gasteiger partial charge on any atom is 1.00 e. The van der Waals surface area contributed by atoms with Gasteiger partial charge in [-0.2, -0.15) is 5.26 Å². The van der Waals surface area contributed by atoms with Gasteiger partial charge in [-0.15, -0.1) is 0 Å². The minimum atomic E-state index is -1.11. The second-order valence-electron chi connectivity index (χ2n) is 11.8. The van der Waals surface area contributed by atoms with Gasteiger partial charge in [0.2, 0.25) is 5.91 Å². The Morgan fingerprint density at radius 2 is 1.86 bits per heavy atom. The van der Waals surface area contributed by atoms with Crippen LogP contribution in [-0.4, -0.2) is 36.3 Å². The number of carbonyl (C=O) groups excluding carboxylic acids is 3. The van der Waals surface area contributed by atoms with Crippen LogP contribution in [0, 0.1) is 29.0 Å². The summed E-state index contributed by atoms with van der Waals surface area (Å²) in [5, 5.41) is 21.2. The summed E-state index contributed by atoms with van der Waals surface area (Å²) < 4.78 is 20.4. The molecule has 218 valence electrons. The topological polar surface area (TPSA) is 123 Å². The summed E-state index contributed by atoms with van der Waals surface area (Å²) in [6.45, 7) is 6.30. The number of ether oxygens (including phenoxy) is 1. The number of aryl methyl sites for hydroxylation is 1. The molecule has 3 aliphatic rings. The van der Waals surface area contributed by atoms with Crippen LogP contribution in [0.15, 0.2) is 30.3 Å². The van der Waals surface area contributed by atoms with E-state index in [1.165, 1.54) is 13.0 Å². The van der Waals surface area contributed by atoms with Crippen molar-refractivity contribution < 1.29 is 80.0 Å². The fourth-order valence-corrected chi connectivity index (χ4v) is 6.50. The minimum Gasteiger partial charge on any atom is -0.550 e. The van der Waals surface area contributed by atoms with E-state index in [9.17, 15) is 19.5 Å². The van der Waals surface area contributed by atoms with Crippen LogP contribution in [0.1, 0.15) is 80.3 Å². The van der Waals surface area contributed by atoms with Crippen LogP contribution in [0.25, 0.3) is 0 Å². The first-order chi connectivity index (χ1) is 19.5. The molecule has 1 heterocycles. The number of hydrogen-bond donors (Lipinski definition) is 1. The van der Waals surface area contributed by atoms with Crippen molar-refractivity contribution in [3.63, 3.8) is 0 Å². The van der Waals surface area contributed by atoms with E-state index in [1.807, 2.05) is 38.1 Å². The number of nitrogens with one attached hydrogen (secondary N) is 1. The van der Waals surface area contributed by atoms with Crippen molar-refractivity contribution in [2.45, 2.75) is 77.4 Å². The Kier molecular flexibility index (Phi) is 11.9. The molecule has 0 aromatic heterocycles. The first-order valence-corrected chi connectivity index (χ1v) is 14.0. The van der Waals surface area contributed by atoms with Crippen molar-refractivity contribution in [1.29, 1.82) is 5.26 Å².